The first-order chi connectivity index (χ1) is 22.8. The maximum Gasteiger partial charge on any atom is 0.287 e. The monoisotopic (exact) mass is 654 g/mol. The molecule has 0 bridgehead atoms. The van der Waals surface area contributed by atoms with Crippen molar-refractivity contribution >= 4 is 17.4 Å². The zero-order valence-corrected chi connectivity index (χ0v) is 26.8. The Labute approximate surface area is 272 Å². The fourth-order valence-corrected chi connectivity index (χ4v) is 5.40. The lowest BCUT2D eigenvalue weighted by Crippen LogP contribution is -2.41. The zero-order valence-electron chi connectivity index (χ0n) is 26.8. The van der Waals surface area contributed by atoms with E-state index in [1.807, 2.05) is 51.2 Å². The minimum Gasteiger partial charge on any atom is -0.459 e. The van der Waals surface area contributed by atoms with Gasteiger partial charge >= 0.3 is 0 Å². The molecule has 15 heteroatoms. The first-order valence-corrected chi connectivity index (χ1v) is 15.5. The molecule has 0 saturated carbocycles. The summed E-state index contributed by atoms with van der Waals surface area (Å²) in [7, 11) is 1.82. The zero-order chi connectivity index (χ0) is 33.8. The van der Waals surface area contributed by atoms with Gasteiger partial charge in [-0.1, -0.05) is 18.2 Å². The van der Waals surface area contributed by atoms with Gasteiger partial charge in [0.05, 0.1) is 37.0 Å². The lowest BCUT2D eigenvalue weighted by Gasteiger charge is -2.36. The molecule has 0 spiro atoms. The normalized spacial score (nSPS) is 17.5. The van der Waals surface area contributed by atoms with Crippen molar-refractivity contribution in [3.05, 3.63) is 92.2 Å². The third-order valence-electron chi connectivity index (χ3n) is 7.75. The average Bonchev–Trinajstić information content (AvgIpc) is 3.30. The van der Waals surface area contributed by atoms with Crippen molar-refractivity contribution in [1.82, 2.24) is 19.7 Å². The molecule has 15 nitrogen and oxygen atoms in total. The molecule has 0 aliphatic carbocycles. The minimum atomic E-state index is -0.836. The Morgan fingerprint density at radius 3 is 2.51 bits per heavy atom. The molecule has 3 N–H and O–H groups in total. The maximum atomic E-state index is 14.1. The second kappa shape index (κ2) is 17.4. The topological polar surface area (TPSA) is 181 Å². The summed E-state index contributed by atoms with van der Waals surface area (Å²) in [6.45, 7) is 5.66. The molecule has 1 amide bonds. The fraction of sp³-hybridized carbons (Fsp3) is 0.469. The van der Waals surface area contributed by atoms with Crippen LogP contribution in [0.2, 0.25) is 0 Å². The molecular formula is C32H42N6O9. The standard InChI is InChI=1S/C32H42N6O9/c1-4-46-32-25(12-16-44-18-19-45-17-15-39)26(29-22(2)36(3)37(31(29)41)23-8-6-5-7-9-23)20-27(47-32)30(40)34-14-13-33-28-11-10-24(21-35-28)38(42)43/h5-11,20-21,25-26,32,39H,4,12-19H2,1-3H3,(H,33,35)(H,34,40)/t25-,26+,32-/m0/s1. The Morgan fingerprint density at radius 1 is 1.11 bits per heavy atom. The molecule has 1 aliphatic heterocycles. The number of aliphatic hydroxyl groups excluding tert-OH is 1. The van der Waals surface area contributed by atoms with Crippen LogP contribution in [0.3, 0.4) is 0 Å². The van der Waals surface area contributed by atoms with E-state index < -0.39 is 23.0 Å². The van der Waals surface area contributed by atoms with Crippen molar-refractivity contribution in [1.29, 1.82) is 0 Å². The Bertz CT molecular complexity index is 1560. The van der Waals surface area contributed by atoms with Crippen molar-refractivity contribution in [3.63, 3.8) is 0 Å². The summed E-state index contributed by atoms with van der Waals surface area (Å²) in [6.07, 6.45) is 2.46. The molecule has 0 unspecified atom stereocenters. The van der Waals surface area contributed by atoms with E-state index in [1.165, 1.54) is 12.1 Å². The van der Waals surface area contributed by atoms with Gasteiger partial charge in [-0.05, 0) is 44.5 Å². The molecule has 3 aromatic rings. The van der Waals surface area contributed by atoms with E-state index in [0.717, 1.165) is 11.9 Å². The van der Waals surface area contributed by atoms with Crippen LogP contribution in [0.15, 0.2) is 65.3 Å². The molecule has 0 fully saturated rings. The molecule has 3 atom stereocenters. The number of nitrogens with zero attached hydrogens (tertiary/aromatic N) is 4. The van der Waals surface area contributed by atoms with Crippen molar-refractivity contribution < 1.29 is 33.8 Å². The highest BCUT2D eigenvalue weighted by Crippen LogP contribution is 2.39. The van der Waals surface area contributed by atoms with Gasteiger partial charge in [-0.25, -0.2) is 9.67 Å². The van der Waals surface area contributed by atoms with Gasteiger partial charge in [-0.3, -0.25) is 24.4 Å². The Kier molecular flexibility index (Phi) is 13.0. The van der Waals surface area contributed by atoms with Crippen LogP contribution in [0, 0.1) is 23.0 Å². The molecule has 1 aliphatic rings. The Hall–Kier alpha value is -4.57. The fourth-order valence-electron chi connectivity index (χ4n) is 5.40. The summed E-state index contributed by atoms with van der Waals surface area (Å²) in [4.78, 5) is 41.8. The summed E-state index contributed by atoms with van der Waals surface area (Å²) < 4.78 is 26.6. The number of carbonyl (C=O) groups is 1. The molecule has 4 rings (SSSR count). The highest BCUT2D eigenvalue weighted by Gasteiger charge is 2.41. The van der Waals surface area contributed by atoms with E-state index in [0.29, 0.717) is 56.5 Å². The predicted molar refractivity (Wildman–Crippen MR) is 172 cm³/mol. The number of aliphatic hydroxyl groups is 1. The van der Waals surface area contributed by atoms with Gasteiger partial charge in [0, 0.05) is 62.5 Å². The number of pyridine rings is 1. The van der Waals surface area contributed by atoms with Gasteiger partial charge in [0.2, 0.25) is 6.29 Å². The second-order valence-electron chi connectivity index (χ2n) is 10.7. The first-order valence-electron chi connectivity index (χ1n) is 15.5. The molecule has 0 radical (unpaired) electrons. The number of nitro groups is 1. The van der Waals surface area contributed by atoms with Gasteiger partial charge < -0.3 is 34.7 Å². The number of carbonyl (C=O) groups excluding carboxylic acids is 1. The van der Waals surface area contributed by atoms with Gasteiger partial charge in [-0.15, -0.1) is 0 Å². The number of aromatic nitrogens is 3. The quantitative estimate of drug-likeness (QED) is 0.104. The predicted octanol–water partition coefficient (Wildman–Crippen LogP) is 2.41. The molecule has 0 saturated heterocycles. The number of amides is 1. The molecule has 3 heterocycles. The van der Waals surface area contributed by atoms with Gasteiger partial charge in [-0.2, -0.15) is 0 Å². The van der Waals surface area contributed by atoms with Crippen molar-refractivity contribution in [2.75, 3.05) is 58.0 Å². The average molecular weight is 655 g/mol. The lowest BCUT2D eigenvalue weighted by molar-refractivity contribution is -0.385. The van der Waals surface area contributed by atoms with Crippen LogP contribution in [0.4, 0.5) is 11.5 Å². The van der Waals surface area contributed by atoms with E-state index in [-0.39, 0.29) is 42.7 Å². The van der Waals surface area contributed by atoms with Crippen LogP contribution in [-0.2, 0) is 30.8 Å². The van der Waals surface area contributed by atoms with Crippen molar-refractivity contribution in [2.45, 2.75) is 32.5 Å². The number of para-hydroxylation sites is 1. The summed E-state index contributed by atoms with van der Waals surface area (Å²) in [5.41, 5.74) is 1.64. The van der Waals surface area contributed by atoms with Gasteiger partial charge in [0.25, 0.3) is 17.2 Å². The number of hydrogen-bond donors (Lipinski definition) is 3. The minimum absolute atomic E-state index is 0.0328. The molecular weight excluding hydrogens is 612 g/mol. The van der Waals surface area contributed by atoms with Gasteiger partial charge in [0.15, 0.2) is 5.76 Å². The number of hydrogen-bond acceptors (Lipinski definition) is 11. The van der Waals surface area contributed by atoms with E-state index in [2.05, 4.69) is 15.6 Å². The smallest absolute Gasteiger partial charge is 0.287 e. The number of ether oxygens (including phenoxy) is 4. The van der Waals surface area contributed by atoms with Crippen LogP contribution in [0.1, 0.15) is 30.5 Å². The highest BCUT2D eigenvalue weighted by atomic mass is 16.7. The SMILES string of the molecule is CCO[C@H]1OC(C(=O)NCCNc2ccc([N+](=O)[O-])cn2)=C[C@@H](c2c(C)n(C)n(-c3ccccc3)c2=O)[C@@H]1CCOCCOCCO. The van der Waals surface area contributed by atoms with Crippen LogP contribution >= 0.6 is 0 Å². The van der Waals surface area contributed by atoms with Crippen molar-refractivity contribution in [3.8, 4) is 5.69 Å². The highest BCUT2D eigenvalue weighted by molar-refractivity contribution is 5.91. The number of anilines is 1. The van der Waals surface area contributed by atoms with Crippen LogP contribution < -0.4 is 16.2 Å². The molecule has 1 aromatic carbocycles. The molecule has 254 valence electrons. The summed E-state index contributed by atoms with van der Waals surface area (Å²) >= 11 is 0. The van der Waals surface area contributed by atoms with Crippen LogP contribution in [0.25, 0.3) is 5.69 Å². The summed E-state index contributed by atoms with van der Waals surface area (Å²) in [5.74, 6) is -0.927. The third kappa shape index (κ3) is 9.04. The van der Waals surface area contributed by atoms with E-state index in [4.69, 9.17) is 24.1 Å². The van der Waals surface area contributed by atoms with Crippen molar-refractivity contribution in [2.24, 2.45) is 13.0 Å². The first kappa shape index (κ1) is 35.3. The molecule has 2 aromatic heterocycles. The van der Waals surface area contributed by atoms with Crippen LogP contribution in [0.5, 0.6) is 0 Å². The number of nitrogens with one attached hydrogen (secondary N) is 2. The Morgan fingerprint density at radius 2 is 1.85 bits per heavy atom. The van der Waals surface area contributed by atoms with E-state index in [1.54, 1.807) is 15.4 Å². The maximum absolute atomic E-state index is 14.1. The van der Waals surface area contributed by atoms with E-state index in [9.17, 15) is 19.7 Å². The Balaban J connectivity index is 1.56. The number of rotatable bonds is 18. The number of allylic oxidation sites excluding steroid dienone is 1. The lowest BCUT2D eigenvalue weighted by atomic mass is 9.81. The number of benzene rings is 1. The molecule has 47 heavy (non-hydrogen) atoms. The largest absolute Gasteiger partial charge is 0.459 e. The van der Waals surface area contributed by atoms with Gasteiger partial charge in [0.1, 0.15) is 12.0 Å². The van der Waals surface area contributed by atoms with Crippen LogP contribution in [-0.4, -0.2) is 89.3 Å². The third-order valence-corrected chi connectivity index (χ3v) is 7.75. The van der Waals surface area contributed by atoms with E-state index >= 15 is 0 Å². The second-order valence-corrected chi connectivity index (χ2v) is 10.7. The summed E-state index contributed by atoms with van der Waals surface area (Å²) in [5, 5.41) is 25.6. The summed E-state index contributed by atoms with van der Waals surface area (Å²) in [6, 6.07) is 12.2.